The Morgan fingerprint density at radius 1 is 0.977 bits per heavy atom. The second kappa shape index (κ2) is 14.8. The van der Waals surface area contributed by atoms with Crippen molar-refractivity contribution < 1.29 is 34.0 Å². The second-order valence-electron chi connectivity index (χ2n) is 11.5. The summed E-state index contributed by atoms with van der Waals surface area (Å²) in [5, 5.41) is 25.1. The van der Waals surface area contributed by atoms with E-state index in [-0.39, 0.29) is 30.8 Å². The van der Waals surface area contributed by atoms with E-state index in [4.69, 9.17) is 14.2 Å². The molecule has 0 spiro atoms. The molecule has 234 valence electrons. The molecule has 10 nitrogen and oxygen atoms in total. The molecular formula is C34H41N3O7. The Bertz CT molecular complexity index is 1370. The minimum atomic E-state index is -0.843. The molecule has 0 aliphatic carbocycles. The first-order chi connectivity index (χ1) is 21.3. The van der Waals surface area contributed by atoms with Crippen molar-refractivity contribution in [1.82, 2.24) is 10.2 Å². The van der Waals surface area contributed by atoms with Crippen LogP contribution in [-0.2, 0) is 32.0 Å². The summed E-state index contributed by atoms with van der Waals surface area (Å²) in [6, 6.07) is 23.0. The van der Waals surface area contributed by atoms with Gasteiger partial charge in [-0.05, 0) is 35.2 Å². The fraction of sp³-hybridized carbons (Fsp3) is 0.412. The molecular weight excluding hydrogens is 562 g/mol. The van der Waals surface area contributed by atoms with Crippen LogP contribution in [0.5, 0.6) is 0 Å². The SMILES string of the molecule is COC(=O)[C@H](Cc1ccccc1)NC(=O)Nc1ccc([C@H]2O[C@@H](CN3CC[C@H](O)C3)[C@@H](C)[C@@H](c3ccc(CO)cc3)O2)cc1. The zero-order valence-electron chi connectivity index (χ0n) is 25.1. The monoisotopic (exact) mass is 603 g/mol. The van der Waals surface area contributed by atoms with Crippen molar-refractivity contribution in [2.75, 3.05) is 32.1 Å². The van der Waals surface area contributed by atoms with Gasteiger partial charge >= 0.3 is 12.0 Å². The number of benzene rings is 3. The lowest BCUT2D eigenvalue weighted by Crippen LogP contribution is -2.45. The largest absolute Gasteiger partial charge is 0.467 e. The van der Waals surface area contributed by atoms with Crippen LogP contribution in [0.1, 0.15) is 48.0 Å². The molecule has 2 aliphatic heterocycles. The highest BCUT2D eigenvalue weighted by Gasteiger charge is 2.40. The number of anilines is 1. The van der Waals surface area contributed by atoms with Gasteiger partial charge in [0.25, 0.3) is 0 Å². The Kier molecular flexibility index (Phi) is 10.6. The van der Waals surface area contributed by atoms with Crippen LogP contribution >= 0.6 is 0 Å². The van der Waals surface area contributed by atoms with Gasteiger partial charge in [0.1, 0.15) is 6.04 Å². The number of urea groups is 1. The van der Waals surface area contributed by atoms with Crippen molar-refractivity contribution in [3.05, 3.63) is 101 Å². The topological polar surface area (TPSA) is 130 Å². The molecule has 0 saturated carbocycles. The number of aliphatic hydroxyl groups excluding tert-OH is 2. The number of aliphatic hydroxyl groups is 2. The third-order valence-electron chi connectivity index (χ3n) is 8.32. The summed E-state index contributed by atoms with van der Waals surface area (Å²) in [6.07, 6.45) is -0.310. The number of amides is 2. The number of carbonyl (C=O) groups is 2. The standard InChI is InChI=1S/C34H41N3O7/c1-22-30(20-37-17-16-28(39)19-37)43-33(44-31(22)25-10-8-24(21-38)9-11-25)26-12-14-27(15-13-26)35-34(41)36-29(32(40)42-2)18-23-6-4-3-5-7-23/h3-15,22,28-31,33,38-39H,16-21H2,1-2H3,(H2,35,36,41)/t22-,28+,29+,30+,31+,33+/m1/s1. The average molecular weight is 604 g/mol. The number of rotatable bonds is 10. The highest BCUT2D eigenvalue weighted by atomic mass is 16.7. The first-order valence-electron chi connectivity index (χ1n) is 15.0. The summed E-state index contributed by atoms with van der Waals surface area (Å²) >= 11 is 0. The van der Waals surface area contributed by atoms with Gasteiger partial charge in [-0.15, -0.1) is 0 Å². The molecule has 6 atom stereocenters. The van der Waals surface area contributed by atoms with Crippen molar-refractivity contribution in [2.24, 2.45) is 5.92 Å². The van der Waals surface area contributed by atoms with Crippen LogP contribution in [0.2, 0.25) is 0 Å². The van der Waals surface area contributed by atoms with E-state index in [2.05, 4.69) is 22.5 Å². The Labute approximate surface area is 257 Å². The molecule has 2 fully saturated rings. The van der Waals surface area contributed by atoms with Crippen molar-refractivity contribution >= 4 is 17.7 Å². The zero-order valence-corrected chi connectivity index (χ0v) is 25.1. The Morgan fingerprint density at radius 3 is 2.32 bits per heavy atom. The maximum Gasteiger partial charge on any atom is 0.328 e. The molecule has 0 bridgehead atoms. The van der Waals surface area contributed by atoms with E-state index in [9.17, 15) is 19.8 Å². The number of β-amino-alcohol motifs (C(OH)–C–C–N with tert-alkyl or cyclic N) is 1. The number of esters is 1. The molecule has 2 amide bonds. The molecule has 2 heterocycles. The number of ether oxygens (including phenoxy) is 3. The summed E-state index contributed by atoms with van der Waals surface area (Å²) in [6.45, 7) is 4.20. The lowest BCUT2D eigenvalue weighted by Gasteiger charge is -2.42. The normalized spacial score (nSPS) is 24.4. The number of methoxy groups -OCH3 is 1. The van der Waals surface area contributed by atoms with Crippen molar-refractivity contribution in [3.63, 3.8) is 0 Å². The number of nitrogens with zero attached hydrogens (tertiary/aromatic N) is 1. The molecule has 5 rings (SSSR count). The Balaban J connectivity index is 1.27. The van der Waals surface area contributed by atoms with E-state index in [1.807, 2.05) is 66.7 Å². The van der Waals surface area contributed by atoms with E-state index < -0.39 is 24.3 Å². The predicted octanol–water partition coefficient (Wildman–Crippen LogP) is 3.94. The number of nitrogens with one attached hydrogen (secondary N) is 2. The minimum Gasteiger partial charge on any atom is -0.467 e. The Hall–Kier alpha value is -3.80. The maximum absolute atomic E-state index is 12.8. The van der Waals surface area contributed by atoms with Gasteiger partial charge in [0.05, 0.1) is 32.0 Å². The third kappa shape index (κ3) is 8.02. The first kappa shape index (κ1) is 31.6. The maximum atomic E-state index is 12.8. The average Bonchev–Trinajstić information content (AvgIpc) is 3.46. The fourth-order valence-corrected chi connectivity index (χ4v) is 5.79. The summed E-state index contributed by atoms with van der Waals surface area (Å²) in [4.78, 5) is 27.4. The number of carbonyl (C=O) groups excluding carboxylic acids is 2. The predicted molar refractivity (Wildman–Crippen MR) is 165 cm³/mol. The fourth-order valence-electron chi connectivity index (χ4n) is 5.79. The van der Waals surface area contributed by atoms with E-state index in [0.29, 0.717) is 25.2 Å². The zero-order chi connectivity index (χ0) is 31.1. The van der Waals surface area contributed by atoms with E-state index in [0.717, 1.165) is 35.2 Å². The van der Waals surface area contributed by atoms with E-state index in [1.54, 1.807) is 12.1 Å². The minimum absolute atomic E-state index is 0.0260. The molecule has 2 saturated heterocycles. The molecule has 0 radical (unpaired) electrons. The van der Waals surface area contributed by atoms with Crippen LogP contribution in [0.3, 0.4) is 0 Å². The van der Waals surface area contributed by atoms with Crippen LogP contribution in [-0.4, -0.2) is 72.1 Å². The van der Waals surface area contributed by atoms with Crippen LogP contribution < -0.4 is 10.6 Å². The summed E-state index contributed by atoms with van der Waals surface area (Å²) in [7, 11) is 1.29. The van der Waals surface area contributed by atoms with Gasteiger partial charge in [-0.1, -0.05) is 73.7 Å². The van der Waals surface area contributed by atoms with Crippen molar-refractivity contribution in [3.8, 4) is 0 Å². The lowest BCUT2D eigenvalue weighted by molar-refractivity contribution is -0.276. The molecule has 3 aromatic rings. The molecule has 2 aliphatic rings. The summed E-state index contributed by atoms with van der Waals surface area (Å²) < 4.78 is 17.9. The smallest absolute Gasteiger partial charge is 0.328 e. The molecule has 44 heavy (non-hydrogen) atoms. The van der Waals surface area contributed by atoms with Gasteiger partial charge in [-0.3, -0.25) is 4.90 Å². The molecule has 10 heteroatoms. The highest BCUT2D eigenvalue weighted by molar-refractivity contribution is 5.92. The van der Waals surface area contributed by atoms with E-state index in [1.165, 1.54) is 7.11 Å². The molecule has 0 aromatic heterocycles. The number of likely N-dealkylation sites (tertiary alicyclic amines) is 1. The van der Waals surface area contributed by atoms with Gasteiger partial charge in [-0.25, -0.2) is 9.59 Å². The van der Waals surface area contributed by atoms with Crippen LogP contribution in [0.4, 0.5) is 10.5 Å². The van der Waals surface area contributed by atoms with Crippen LogP contribution in [0.25, 0.3) is 0 Å². The van der Waals surface area contributed by atoms with Crippen molar-refractivity contribution in [1.29, 1.82) is 0 Å². The summed E-state index contributed by atoms with van der Waals surface area (Å²) in [5.41, 5.74) is 4.06. The Morgan fingerprint density at radius 2 is 1.68 bits per heavy atom. The van der Waals surface area contributed by atoms with Crippen molar-refractivity contribution in [2.45, 2.75) is 57.0 Å². The molecule has 3 aromatic carbocycles. The molecule has 4 N–H and O–H groups in total. The number of hydrogen-bond donors (Lipinski definition) is 4. The quantitative estimate of drug-likeness (QED) is 0.257. The summed E-state index contributed by atoms with van der Waals surface area (Å²) in [5.74, 6) is -0.494. The van der Waals surface area contributed by atoms with Gasteiger partial charge in [0.2, 0.25) is 0 Å². The van der Waals surface area contributed by atoms with Gasteiger partial charge in [0, 0.05) is 43.2 Å². The third-order valence-corrected chi connectivity index (χ3v) is 8.32. The first-order valence-corrected chi connectivity index (χ1v) is 15.0. The highest BCUT2D eigenvalue weighted by Crippen LogP contribution is 2.42. The van der Waals surface area contributed by atoms with E-state index >= 15 is 0 Å². The lowest BCUT2D eigenvalue weighted by atomic mass is 9.90. The van der Waals surface area contributed by atoms with Gasteiger partial charge < -0.3 is 35.1 Å². The number of hydrogen-bond acceptors (Lipinski definition) is 8. The molecule has 0 unspecified atom stereocenters. The van der Waals surface area contributed by atoms with Gasteiger partial charge in [-0.2, -0.15) is 0 Å². The van der Waals surface area contributed by atoms with Gasteiger partial charge in [0.15, 0.2) is 6.29 Å². The van der Waals surface area contributed by atoms with Crippen LogP contribution in [0.15, 0.2) is 78.9 Å². The second-order valence-corrected chi connectivity index (χ2v) is 11.5. The van der Waals surface area contributed by atoms with Crippen LogP contribution in [0, 0.1) is 5.92 Å².